The predicted molar refractivity (Wildman–Crippen MR) is 97.3 cm³/mol. The minimum atomic E-state index is -0.910. The Hall–Kier alpha value is -2.99. The fourth-order valence-electron chi connectivity index (χ4n) is 2.19. The van der Waals surface area contributed by atoms with Crippen LogP contribution in [0.25, 0.3) is 11.3 Å². The van der Waals surface area contributed by atoms with E-state index < -0.39 is 11.9 Å². The van der Waals surface area contributed by atoms with Crippen molar-refractivity contribution in [1.82, 2.24) is 4.98 Å². The number of carbonyl (C=O) groups is 2. The van der Waals surface area contributed by atoms with Crippen molar-refractivity contribution in [1.29, 1.82) is 0 Å². The van der Waals surface area contributed by atoms with Gasteiger partial charge in [0.1, 0.15) is 0 Å². The van der Waals surface area contributed by atoms with E-state index in [1.54, 1.807) is 0 Å². The van der Waals surface area contributed by atoms with E-state index in [9.17, 15) is 9.59 Å². The van der Waals surface area contributed by atoms with Crippen LogP contribution in [0, 0.1) is 0 Å². The predicted octanol–water partition coefficient (Wildman–Crippen LogP) is 3.53. The minimum Gasteiger partial charge on any atom is -0.458 e. The van der Waals surface area contributed by atoms with Gasteiger partial charge < -0.3 is 4.74 Å². The largest absolute Gasteiger partial charge is 0.458 e. The van der Waals surface area contributed by atoms with Gasteiger partial charge in [-0.05, 0) is 5.56 Å². The number of ether oxygens (including phenoxy) is 1. The van der Waals surface area contributed by atoms with Crippen molar-refractivity contribution in [2.24, 2.45) is 0 Å². The summed E-state index contributed by atoms with van der Waals surface area (Å²) in [6.45, 7) is 0.156. The zero-order valence-electron chi connectivity index (χ0n) is 13.3. The summed E-state index contributed by atoms with van der Waals surface area (Å²) in [6.07, 6.45) is 0.565. The lowest BCUT2D eigenvalue weighted by molar-refractivity contribution is -0.152. The fraction of sp³-hybridized carbons (Fsp3) is 0.105. The summed E-state index contributed by atoms with van der Waals surface area (Å²) < 4.78 is 5.00. The molecule has 0 bridgehead atoms. The van der Waals surface area contributed by atoms with Gasteiger partial charge in [-0.2, -0.15) is 0 Å². The number of thiazole rings is 1. The molecule has 0 aliphatic carbocycles. The molecule has 0 aliphatic rings. The van der Waals surface area contributed by atoms with Gasteiger partial charge in [0, 0.05) is 17.4 Å². The zero-order valence-corrected chi connectivity index (χ0v) is 14.2. The highest BCUT2D eigenvalue weighted by atomic mass is 32.1. The maximum atomic E-state index is 11.9. The van der Waals surface area contributed by atoms with Crippen LogP contribution in [0.4, 0.5) is 5.13 Å². The second-order valence-electron chi connectivity index (χ2n) is 5.23. The quantitative estimate of drug-likeness (QED) is 0.563. The number of benzene rings is 2. The number of nitrogens with one attached hydrogen (secondary N) is 1. The molecule has 0 fully saturated rings. The molecule has 0 saturated heterocycles. The lowest BCUT2D eigenvalue weighted by Crippen LogP contribution is -2.25. The summed E-state index contributed by atoms with van der Waals surface area (Å²) >= 11 is 1.26. The first-order valence-electron chi connectivity index (χ1n) is 7.75. The number of anilines is 1. The molecular weight excluding hydrogens is 336 g/mol. The number of aromatic nitrogens is 1. The Kier molecular flexibility index (Phi) is 5.53. The normalized spacial score (nSPS) is 10.2. The molecule has 5 nitrogen and oxygen atoms in total. The maximum Gasteiger partial charge on any atom is 0.397 e. The molecule has 3 aromatic rings. The van der Waals surface area contributed by atoms with Crippen molar-refractivity contribution in [3.8, 4) is 11.3 Å². The molecule has 0 unspecified atom stereocenters. The minimum absolute atomic E-state index is 0.156. The van der Waals surface area contributed by atoms with Crippen LogP contribution in [0.15, 0.2) is 66.0 Å². The van der Waals surface area contributed by atoms with Crippen LogP contribution in [0.1, 0.15) is 5.56 Å². The Balaban J connectivity index is 1.50. The second-order valence-corrected chi connectivity index (χ2v) is 6.09. The number of esters is 1. The van der Waals surface area contributed by atoms with Crippen molar-refractivity contribution in [3.63, 3.8) is 0 Å². The third-order valence-electron chi connectivity index (χ3n) is 3.45. The van der Waals surface area contributed by atoms with E-state index in [0.717, 1.165) is 16.8 Å². The standard InChI is InChI=1S/C19H16N2O3S/c22-17(18(23)24-12-11-14-7-3-1-4-8-14)21-19-20-16(13-25-19)15-9-5-2-6-10-15/h1-10,13H,11-12H2,(H,20,21,22). The van der Waals surface area contributed by atoms with Gasteiger partial charge in [0.25, 0.3) is 0 Å². The molecule has 1 heterocycles. The van der Waals surface area contributed by atoms with Crippen molar-refractivity contribution < 1.29 is 14.3 Å². The van der Waals surface area contributed by atoms with Crippen molar-refractivity contribution in [2.45, 2.75) is 6.42 Å². The van der Waals surface area contributed by atoms with Gasteiger partial charge in [-0.3, -0.25) is 10.1 Å². The molecule has 2 aromatic carbocycles. The molecule has 0 atom stereocenters. The van der Waals surface area contributed by atoms with E-state index in [2.05, 4.69) is 10.3 Å². The number of carbonyl (C=O) groups excluding carboxylic acids is 2. The Labute approximate surface area is 149 Å². The van der Waals surface area contributed by atoms with E-state index >= 15 is 0 Å². The van der Waals surface area contributed by atoms with Gasteiger partial charge >= 0.3 is 11.9 Å². The Morgan fingerprint density at radius 3 is 2.40 bits per heavy atom. The van der Waals surface area contributed by atoms with Crippen molar-refractivity contribution in [3.05, 3.63) is 71.6 Å². The van der Waals surface area contributed by atoms with Crippen LogP contribution >= 0.6 is 11.3 Å². The topological polar surface area (TPSA) is 68.3 Å². The average molecular weight is 352 g/mol. The molecule has 0 spiro atoms. The molecule has 0 saturated carbocycles. The van der Waals surface area contributed by atoms with Gasteiger partial charge in [-0.25, -0.2) is 9.78 Å². The monoisotopic (exact) mass is 352 g/mol. The lowest BCUT2D eigenvalue weighted by Gasteiger charge is -2.04. The molecule has 1 aromatic heterocycles. The first-order chi connectivity index (χ1) is 12.2. The smallest absolute Gasteiger partial charge is 0.397 e. The lowest BCUT2D eigenvalue weighted by atomic mass is 10.2. The van der Waals surface area contributed by atoms with Gasteiger partial charge in [-0.1, -0.05) is 60.7 Å². The maximum absolute atomic E-state index is 11.9. The number of hydrogen-bond acceptors (Lipinski definition) is 5. The SMILES string of the molecule is O=C(Nc1nc(-c2ccccc2)cs1)C(=O)OCCc1ccccc1. The third-order valence-corrected chi connectivity index (χ3v) is 4.20. The third kappa shape index (κ3) is 4.74. The molecule has 6 heteroatoms. The Bertz CT molecular complexity index is 847. The highest BCUT2D eigenvalue weighted by Gasteiger charge is 2.17. The van der Waals surface area contributed by atoms with Crippen LogP contribution in [-0.2, 0) is 20.7 Å². The summed E-state index contributed by atoms with van der Waals surface area (Å²) in [4.78, 5) is 27.9. The van der Waals surface area contributed by atoms with Crippen LogP contribution in [0.3, 0.4) is 0 Å². The van der Waals surface area contributed by atoms with Crippen molar-refractivity contribution >= 4 is 28.3 Å². The van der Waals surface area contributed by atoms with E-state index in [0.29, 0.717) is 11.6 Å². The highest BCUT2D eigenvalue weighted by Crippen LogP contribution is 2.24. The zero-order chi connectivity index (χ0) is 17.5. The van der Waals surface area contributed by atoms with Gasteiger partial charge in [0.05, 0.1) is 12.3 Å². The molecular formula is C19H16N2O3S. The first-order valence-corrected chi connectivity index (χ1v) is 8.63. The second kappa shape index (κ2) is 8.21. The number of hydrogen-bond donors (Lipinski definition) is 1. The van der Waals surface area contributed by atoms with Crippen LogP contribution < -0.4 is 5.32 Å². The summed E-state index contributed by atoms with van der Waals surface area (Å²) in [6, 6.07) is 19.2. The molecule has 3 rings (SSSR count). The van der Waals surface area contributed by atoms with Gasteiger partial charge in [0.15, 0.2) is 5.13 Å². The molecule has 0 aliphatic heterocycles. The van der Waals surface area contributed by atoms with E-state index in [-0.39, 0.29) is 6.61 Å². The molecule has 126 valence electrons. The first kappa shape index (κ1) is 16.9. The summed E-state index contributed by atoms with van der Waals surface area (Å²) in [7, 11) is 0. The molecule has 0 radical (unpaired) electrons. The summed E-state index contributed by atoms with van der Waals surface area (Å²) in [5.41, 5.74) is 2.74. The van der Waals surface area contributed by atoms with Crippen LogP contribution in [0.2, 0.25) is 0 Å². The fourth-order valence-corrected chi connectivity index (χ4v) is 2.91. The van der Waals surface area contributed by atoms with Gasteiger partial charge in [0.2, 0.25) is 0 Å². The van der Waals surface area contributed by atoms with E-state index in [1.807, 2.05) is 66.0 Å². The summed E-state index contributed by atoms with van der Waals surface area (Å²) in [5, 5.41) is 4.66. The van der Waals surface area contributed by atoms with Gasteiger partial charge in [-0.15, -0.1) is 11.3 Å². The Morgan fingerprint density at radius 2 is 1.68 bits per heavy atom. The van der Waals surface area contributed by atoms with Crippen LogP contribution in [0.5, 0.6) is 0 Å². The van der Waals surface area contributed by atoms with E-state index in [4.69, 9.17) is 4.74 Å². The number of rotatable bonds is 5. The van der Waals surface area contributed by atoms with E-state index in [1.165, 1.54) is 11.3 Å². The number of amides is 1. The Morgan fingerprint density at radius 1 is 1.00 bits per heavy atom. The average Bonchev–Trinajstić information content (AvgIpc) is 3.12. The van der Waals surface area contributed by atoms with Crippen molar-refractivity contribution in [2.75, 3.05) is 11.9 Å². The molecule has 25 heavy (non-hydrogen) atoms. The molecule has 1 N–H and O–H groups in total. The summed E-state index contributed by atoms with van der Waals surface area (Å²) in [5.74, 6) is -1.73. The highest BCUT2D eigenvalue weighted by molar-refractivity contribution is 7.14. The molecule has 1 amide bonds. The van der Waals surface area contributed by atoms with Crippen LogP contribution in [-0.4, -0.2) is 23.5 Å². The number of nitrogens with zero attached hydrogens (tertiary/aromatic N) is 1.